The first kappa shape index (κ1) is 18.1. The number of rotatable bonds is 6. The molecule has 0 fully saturated rings. The lowest BCUT2D eigenvalue weighted by Crippen LogP contribution is -2.45. The molecule has 0 heterocycles. The van der Waals surface area contributed by atoms with Crippen LogP contribution in [0.1, 0.15) is 13.8 Å². The molecule has 1 unspecified atom stereocenters. The predicted octanol–water partition coefficient (Wildman–Crippen LogP) is 3.40. The summed E-state index contributed by atoms with van der Waals surface area (Å²) in [4.78, 5) is 24.2. The monoisotopic (exact) mass is 349 g/mol. The van der Waals surface area contributed by atoms with Crippen LogP contribution in [0.15, 0.2) is 23.1 Å². The van der Waals surface area contributed by atoms with Gasteiger partial charge in [0.2, 0.25) is 5.91 Å². The second kappa shape index (κ2) is 8.51. The molecule has 21 heavy (non-hydrogen) atoms. The predicted molar refractivity (Wildman–Crippen MR) is 86.0 cm³/mol. The number of halogens is 2. The van der Waals surface area contributed by atoms with Gasteiger partial charge in [-0.05, 0) is 24.1 Å². The maximum absolute atomic E-state index is 11.9. The first-order valence-corrected chi connectivity index (χ1v) is 8.04. The fraction of sp³-hybridized carbons (Fsp3) is 0.429. The number of hydrogen-bond donors (Lipinski definition) is 1. The van der Waals surface area contributed by atoms with E-state index >= 15 is 0 Å². The number of nitrogens with one attached hydrogen (secondary N) is 1. The average molecular weight is 350 g/mol. The molecular weight excluding hydrogens is 333 g/mol. The van der Waals surface area contributed by atoms with Gasteiger partial charge in [0.25, 0.3) is 0 Å². The summed E-state index contributed by atoms with van der Waals surface area (Å²) in [7, 11) is 1.30. The van der Waals surface area contributed by atoms with Crippen molar-refractivity contribution >= 4 is 46.8 Å². The highest BCUT2D eigenvalue weighted by molar-refractivity contribution is 8.00. The van der Waals surface area contributed by atoms with Crippen molar-refractivity contribution in [3.05, 3.63) is 28.2 Å². The fourth-order valence-corrected chi connectivity index (χ4v) is 2.88. The Morgan fingerprint density at radius 3 is 2.57 bits per heavy atom. The summed E-state index contributed by atoms with van der Waals surface area (Å²) in [5.41, 5.74) is 0. The second-order valence-electron chi connectivity index (χ2n) is 4.68. The number of thioether (sulfide) groups is 1. The van der Waals surface area contributed by atoms with Gasteiger partial charge in [0.15, 0.2) is 0 Å². The number of amides is 1. The molecule has 0 spiro atoms. The standard InChI is InChI=1S/C14H17Cl2NO3S/c1-8(2)13(14(19)20-3)17-12(18)7-21-11-6-9(15)4-5-10(11)16/h4-6,8,13H,7H2,1-3H3,(H,17,18). The molecule has 4 nitrogen and oxygen atoms in total. The van der Waals surface area contributed by atoms with Crippen molar-refractivity contribution in [3.63, 3.8) is 0 Å². The zero-order chi connectivity index (χ0) is 16.0. The van der Waals surface area contributed by atoms with Gasteiger partial charge in [0.05, 0.1) is 17.9 Å². The van der Waals surface area contributed by atoms with E-state index in [9.17, 15) is 9.59 Å². The van der Waals surface area contributed by atoms with Crippen LogP contribution in [0, 0.1) is 5.92 Å². The highest BCUT2D eigenvalue weighted by Crippen LogP contribution is 2.29. The molecule has 116 valence electrons. The Balaban J connectivity index is 2.61. The quantitative estimate of drug-likeness (QED) is 0.631. The summed E-state index contributed by atoms with van der Waals surface area (Å²) in [6.45, 7) is 3.67. The van der Waals surface area contributed by atoms with Gasteiger partial charge in [-0.15, -0.1) is 11.8 Å². The Bertz CT molecular complexity index is 523. The van der Waals surface area contributed by atoms with Crippen molar-refractivity contribution in [1.29, 1.82) is 0 Å². The summed E-state index contributed by atoms with van der Waals surface area (Å²) >= 11 is 13.2. The van der Waals surface area contributed by atoms with E-state index in [0.717, 1.165) is 4.90 Å². The summed E-state index contributed by atoms with van der Waals surface area (Å²) in [6.07, 6.45) is 0. The zero-order valence-corrected chi connectivity index (χ0v) is 14.3. The first-order chi connectivity index (χ1) is 9.85. The molecular formula is C14H17Cl2NO3S. The van der Waals surface area contributed by atoms with Gasteiger partial charge < -0.3 is 10.1 Å². The summed E-state index contributed by atoms with van der Waals surface area (Å²) < 4.78 is 4.67. The Morgan fingerprint density at radius 2 is 2.00 bits per heavy atom. The molecule has 0 aliphatic carbocycles. The van der Waals surface area contributed by atoms with Gasteiger partial charge in [-0.1, -0.05) is 37.0 Å². The van der Waals surface area contributed by atoms with Crippen LogP contribution in [-0.2, 0) is 14.3 Å². The van der Waals surface area contributed by atoms with Crippen LogP contribution in [0.3, 0.4) is 0 Å². The maximum atomic E-state index is 11.9. The van der Waals surface area contributed by atoms with Crippen LogP contribution < -0.4 is 5.32 Å². The summed E-state index contributed by atoms with van der Waals surface area (Å²) in [5, 5.41) is 3.75. The number of benzene rings is 1. The van der Waals surface area contributed by atoms with Crippen molar-refractivity contribution in [2.24, 2.45) is 5.92 Å². The van der Waals surface area contributed by atoms with E-state index in [4.69, 9.17) is 23.2 Å². The van der Waals surface area contributed by atoms with E-state index in [1.807, 2.05) is 13.8 Å². The topological polar surface area (TPSA) is 55.4 Å². The molecule has 0 radical (unpaired) electrons. The number of carbonyl (C=O) groups is 2. The van der Waals surface area contributed by atoms with Crippen molar-refractivity contribution in [3.8, 4) is 0 Å². The molecule has 1 amide bonds. The van der Waals surface area contributed by atoms with Crippen LogP contribution >= 0.6 is 35.0 Å². The van der Waals surface area contributed by atoms with Crippen molar-refractivity contribution < 1.29 is 14.3 Å². The largest absolute Gasteiger partial charge is 0.467 e. The lowest BCUT2D eigenvalue weighted by Gasteiger charge is -2.19. The van der Waals surface area contributed by atoms with E-state index in [2.05, 4.69) is 10.1 Å². The molecule has 0 saturated heterocycles. The van der Waals surface area contributed by atoms with Crippen molar-refractivity contribution in [2.45, 2.75) is 24.8 Å². The number of carbonyl (C=O) groups excluding carboxylic acids is 2. The number of ether oxygens (including phenoxy) is 1. The normalized spacial score (nSPS) is 12.1. The highest BCUT2D eigenvalue weighted by Gasteiger charge is 2.24. The Kier molecular flexibility index (Phi) is 7.35. The van der Waals surface area contributed by atoms with E-state index in [0.29, 0.717) is 10.0 Å². The molecule has 0 aliphatic rings. The van der Waals surface area contributed by atoms with Gasteiger partial charge in [-0.25, -0.2) is 4.79 Å². The van der Waals surface area contributed by atoms with Crippen LogP contribution in [0.2, 0.25) is 10.0 Å². The minimum Gasteiger partial charge on any atom is -0.467 e. The number of hydrogen-bond acceptors (Lipinski definition) is 4. The molecule has 7 heteroatoms. The van der Waals surface area contributed by atoms with Gasteiger partial charge >= 0.3 is 5.97 Å². The third kappa shape index (κ3) is 5.77. The molecule has 1 rings (SSSR count). The number of methoxy groups -OCH3 is 1. The lowest BCUT2D eigenvalue weighted by atomic mass is 10.1. The van der Waals surface area contributed by atoms with Gasteiger partial charge in [-0.2, -0.15) is 0 Å². The maximum Gasteiger partial charge on any atom is 0.328 e. The molecule has 1 aromatic carbocycles. The minimum absolute atomic E-state index is 0.0545. The molecule has 1 aromatic rings. The Hall–Kier alpha value is -0.910. The van der Waals surface area contributed by atoms with Crippen molar-refractivity contribution in [1.82, 2.24) is 5.32 Å². The van der Waals surface area contributed by atoms with Gasteiger partial charge in [-0.3, -0.25) is 4.79 Å². The molecule has 0 bridgehead atoms. The minimum atomic E-state index is -0.655. The van der Waals surface area contributed by atoms with E-state index in [-0.39, 0.29) is 17.6 Å². The van der Waals surface area contributed by atoms with Gasteiger partial charge in [0.1, 0.15) is 6.04 Å². The lowest BCUT2D eigenvalue weighted by molar-refractivity contribution is -0.146. The summed E-state index contributed by atoms with van der Waals surface area (Å²) in [6, 6.07) is 4.40. The van der Waals surface area contributed by atoms with Crippen molar-refractivity contribution in [2.75, 3.05) is 12.9 Å². The Labute approximate surface area is 138 Å². The van der Waals surface area contributed by atoms with Gasteiger partial charge in [0, 0.05) is 9.92 Å². The fourth-order valence-electron chi connectivity index (χ4n) is 1.57. The molecule has 0 aromatic heterocycles. The Morgan fingerprint density at radius 1 is 1.33 bits per heavy atom. The van der Waals surface area contributed by atoms with Crippen LogP contribution in [0.4, 0.5) is 0 Å². The second-order valence-corrected chi connectivity index (χ2v) is 6.54. The zero-order valence-electron chi connectivity index (χ0n) is 12.0. The smallest absolute Gasteiger partial charge is 0.328 e. The third-order valence-corrected chi connectivity index (χ3v) is 4.42. The van der Waals surface area contributed by atoms with Crippen LogP contribution in [0.5, 0.6) is 0 Å². The highest BCUT2D eigenvalue weighted by atomic mass is 35.5. The third-order valence-electron chi connectivity index (χ3n) is 2.69. The number of esters is 1. The SMILES string of the molecule is COC(=O)C(NC(=O)CSc1cc(Cl)ccc1Cl)C(C)C. The van der Waals surface area contributed by atoms with E-state index in [1.54, 1.807) is 18.2 Å². The average Bonchev–Trinajstić information content (AvgIpc) is 2.44. The van der Waals surface area contributed by atoms with E-state index < -0.39 is 12.0 Å². The molecule has 1 atom stereocenters. The molecule has 0 aliphatic heterocycles. The molecule has 1 N–H and O–H groups in total. The van der Waals surface area contributed by atoms with E-state index in [1.165, 1.54) is 18.9 Å². The van der Waals surface area contributed by atoms with Crippen LogP contribution in [0.25, 0.3) is 0 Å². The molecule has 0 saturated carbocycles. The first-order valence-electron chi connectivity index (χ1n) is 6.30. The van der Waals surface area contributed by atoms with Crippen LogP contribution in [-0.4, -0.2) is 30.8 Å². The summed E-state index contributed by atoms with van der Waals surface area (Å²) in [5.74, 6) is -0.634.